The van der Waals surface area contributed by atoms with Crippen molar-refractivity contribution in [2.75, 3.05) is 0 Å². The van der Waals surface area contributed by atoms with Crippen molar-refractivity contribution in [1.82, 2.24) is 0 Å². The lowest BCUT2D eigenvalue weighted by molar-refractivity contribution is -0.604. The minimum atomic E-state index is -0.679. The summed E-state index contributed by atoms with van der Waals surface area (Å²) >= 11 is 0. The summed E-state index contributed by atoms with van der Waals surface area (Å²) in [6, 6.07) is 6.51. The fraction of sp³-hybridized carbons (Fsp3) is 0. The maximum Gasteiger partial charge on any atom is 0.188 e. The first-order valence-electron chi connectivity index (χ1n) is 4.31. The highest BCUT2D eigenvalue weighted by molar-refractivity contribution is 5.62. The number of nitrogens with zero attached hydrogens (tertiary/aromatic N) is 1. The molecule has 0 amide bonds. The molecule has 2 nitrogen and oxygen atoms in total. The molecule has 2 aromatic rings. The van der Waals surface area contributed by atoms with Crippen LogP contribution >= 0.6 is 0 Å². The van der Waals surface area contributed by atoms with Crippen molar-refractivity contribution in [1.29, 1.82) is 0 Å². The highest BCUT2D eigenvalue weighted by Crippen LogP contribution is 2.24. The van der Waals surface area contributed by atoms with E-state index in [1.165, 1.54) is 24.4 Å². The van der Waals surface area contributed by atoms with Crippen LogP contribution in [0.4, 0.5) is 8.78 Å². The summed E-state index contributed by atoms with van der Waals surface area (Å²) in [6.07, 6.45) is 2.38. The van der Waals surface area contributed by atoms with E-state index in [0.717, 1.165) is 18.3 Å². The van der Waals surface area contributed by atoms with E-state index in [1.807, 2.05) is 0 Å². The topological polar surface area (TPSA) is 26.9 Å². The molecule has 4 heteroatoms. The highest BCUT2D eigenvalue weighted by Gasteiger charge is 2.12. The van der Waals surface area contributed by atoms with Crippen LogP contribution in [0.2, 0.25) is 0 Å². The second-order valence-corrected chi connectivity index (χ2v) is 3.05. The monoisotopic (exact) mass is 207 g/mol. The SMILES string of the molecule is [O-][n+]1cccc(-c2c(F)cccc2F)c1. The van der Waals surface area contributed by atoms with Crippen LogP contribution in [0.1, 0.15) is 0 Å². The van der Waals surface area contributed by atoms with Gasteiger partial charge in [-0.1, -0.05) is 6.07 Å². The normalized spacial score (nSPS) is 10.3. The summed E-state index contributed by atoms with van der Waals surface area (Å²) in [6.45, 7) is 0. The van der Waals surface area contributed by atoms with Crippen molar-refractivity contribution in [3.8, 4) is 11.1 Å². The molecule has 0 aliphatic rings. The molecule has 0 saturated carbocycles. The number of benzene rings is 1. The zero-order valence-electron chi connectivity index (χ0n) is 7.65. The molecule has 0 spiro atoms. The van der Waals surface area contributed by atoms with E-state index in [4.69, 9.17) is 0 Å². The smallest absolute Gasteiger partial charge is 0.188 e. The first-order chi connectivity index (χ1) is 7.18. The third kappa shape index (κ3) is 1.79. The molecular weight excluding hydrogens is 200 g/mol. The first kappa shape index (κ1) is 9.58. The largest absolute Gasteiger partial charge is 0.619 e. The van der Waals surface area contributed by atoms with Crippen LogP contribution in [-0.4, -0.2) is 0 Å². The van der Waals surface area contributed by atoms with Gasteiger partial charge in [-0.2, -0.15) is 4.73 Å². The van der Waals surface area contributed by atoms with E-state index >= 15 is 0 Å². The number of rotatable bonds is 1. The molecule has 2 rings (SSSR count). The number of halogens is 2. The van der Waals surface area contributed by atoms with Crippen LogP contribution in [0, 0.1) is 16.8 Å². The molecule has 0 N–H and O–H groups in total. The summed E-state index contributed by atoms with van der Waals surface area (Å²) in [7, 11) is 0. The molecule has 0 fully saturated rings. The average Bonchev–Trinajstić information content (AvgIpc) is 2.17. The van der Waals surface area contributed by atoms with Gasteiger partial charge in [-0.05, 0) is 18.2 Å². The van der Waals surface area contributed by atoms with E-state index in [0.29, 0.717) is 4.73 Å². The molecule has 0 radical (unpaired) electrons. The van der Waals surface area contributed by atoms with Gasteiger partial charge in [0.1, 0.15) is 11.6 Å². The quantitative estimate of drug-likeness (QED) is 0.520. The minimum Gasteiger partial charge on any atom is -0.619 e. The van der Waals surface area contributed by atoms with Gasteiger partial charge in [-0.3, -0.25) is 0 Å². The lowest BCUT2D eigenvalue weighted by atomic mass is 10.1. The molecule has 0 unspecified atom stereocenters. The van der Waals surface area contributed by atoms with E-state index in [1.54, 1.807) is 0 Å². The van der Waals surface area contributed by atoms with Crippen molar-refractivity contribution in [3.63, 3.8) is 0 Å². The van der Waals surface area contributed by atoms with Crippen LogP contribution in [0.15, 0.2) is 42.7 Å². The third-order valence-electron chi connectivity index (χ3n) is 2.03. The van der Waals surface area contributed by atoms with Gasteiger partial charge < -0.3 is 5.21 Å². The van der Waals surface area contributed by atoms with Crippen molar-refractivity contribution < 1.29 is 13.5 Å². The van der Waals surface area contributed by atoms with Gasteiger partial charge in [0.05, 0.1) is 11.1 Å². The Bertz CT molecular complexity index is 479. The number of pyridine rings is 1. The third-order valence-corrected chi connectivity index (χ3v) is 2.03. The van der Waals surface area contributed by atoms with Gasteiger partial charge in [-0.25, -0.2) is 8.78 Å². The fourth-order valence-corrected chi connectivity index (χ4v) is 1.38. The van der Waals surface area contributed by atoms with E-state index < -0.39 is 11.6 Å². The predicted octanol–water partition coefficient (Wildman–Crippen LogP) is 2.27. The van der Waals surface area contributed by atoms with Gasteiger partial charge in [0, 0.05) is 6.07 Å². The lowest BCUT2D eigenvalue weighted by Crippen LogP contribution is -2.24. The van der Waals surface area contributed by atoms with Gasteiger partial charge >= 0.3 is 0 Å². The first-order valence-corrected chi connectivity index (χ1v) is 4.31. The Kier molecular flexibility index (Phi) is 2.33. The second kappa shape index (κ2) is 3.65. The molecule has 1 heterocycles. The van der Waals surface area contributed by atoms with Crippen LogP contribution in [0.25, 0.3) is 11.1 Å². The van der Waals surface area contributed by atoms with Crippen molar-refractivity contribution in [3.05, 3.63) is 59.6 Å². The van der Waals surface area contributed by atoms with Crippen LogP contribution in [-0.2, 0) is 0 Å². The van der Waals surface area contributed by atoms with Gasteiger partial charge in [0.15, 0.2) is 12.4 Å². The Hall–Kier alpha value is -1.97. The van der Waals surface area contributed by atoms with Gasteiger partial charge in [0.25, 0.3) is 0 Å². The Balaban J connectivity index is 2.63. The minimum absolute atomic E-state index is 0.178. The van der Waals surface area contributed by atoms with Gasteiger partial charge in [0.2, 0.25) is 0 Å². The second-order valence-electron chi connectivity index (χ2n) is 3.05. The van der Waals surface area contributed by atoms with E-state index in [-0.39, 0.29) is 11.1 Å². The molecule has 15 heavy (non-hydrogen) atoms. The Morgan fingerprint density at radius 3 is 2.27 bits per heavy atom. The van der Waals surface area contributed by atoms with Crippen molar-refractivity contribution >= 4 is 0 Å². The summed E-state index contributed by atoms with van der Waals surface area (Å²) in [5.41, 5.74) is 0.0470. The maximum atomic E-state index is 13.3. The average molecular weight is 207 g/mol. The van der Waals surface area contributed by atoms with Crippen LogP contribution in [0.3, 0.4) is 0 Å². The Labute approximate surface area is 85.0 Å². The van der Waals surface area contributed by atoms with Gasteiger partial charge in [-0.15, -0.1) is 0 Å². The maximum absolute atomic E-state index is 13.3. The Morgan fingerprint density at radius 2 is 1.67 bits per heavy atom. The zero-order valence-corrected chi connectivity index (χ0v) is 7.65. The molecule has 0 bridgehead atoms. The number of hydrogen-bond acceptors (Lipinski definition) is 1. The Morgan fingerprint density at radius 1 is 1.00 bits per heavy atom. The molecule has 0 aliphatic heterocycles. The van der Waals surface area contributed by atoms with Crippen LogP contribution in [0.5, 0.6) is 0 Å². The summed E-state index contributed by atoms with van der Waals surface area (Å²) in [4.78, 5) is 0. The molecule has 0 atom stereocenters. The van der Waals surface area contributed by atoms with E-state index in [9.17, 15) is 14.0 Å². The summed E-state index contributed by atoms with van der Waals surface area (Å²) in [5.74, 6) is -1.36. The molecule has 76 valence electrons. The van der Waals surface area contributed by atoms with Crippen molar-refractivity contribution in [2.24, 2.45) is 0 Å². The summed E-state index contributed by atoms with van der Waals surface area (Å²) < 4.78 is 27.1. The zero-order chi connectivity index (χ0) is 10.8. The highest BCUT2D eigenvalue weighted by atomic mass is 19.1. The predicted molar refractivity (Wildman–Crippen MR) is 50.8 cm³/mol. The van der Waals surface area contributed by atoms with Crippen molar-refractivity contribution in [2.45, 2.75) is 0 Å². The van der Waals surface area contributed by atoms with Crippen LogP contribution < -0.4 is 4.73 Å². The molecule has 1 aromatic carbocycles. The fourth-order valence-electron chi connectivity index (χ4n) is 1.38. The molecule has 0 aliphatic carbocycles. The standard InChI is InChI=1S/C11H7F2NO/c12-9-4-1-5-10(13)11(9)8-3-2-6-14(15)7-8/h1-7H. The molecule has 0 saturated heterocycles. The number of hydrogen-bond donors (Lipinski definition) is 0. The number of aromatic nitrogens is 1. The lowest BCUT2D eigenvalue weighted by Gasteiger charge is -2.04. The summed E-state index contributed by atoms with van der Waals surface area (Å²) in [5, 5.41) is 11.0. The molecular formula is C11H7F2NO. The molecule has 1 aromatic heterocycles. The van der Waals surface area contributed by atoms with E-state index in [2.05, 4.69) is 0 Å².